The molecule has 0 saturated carbocycles. The van der Waals surface area contributed by atoms with E-state index in [-0.39, 0.29) is 0 Å². The molecular weight excluding hydrogens is 180 g/mol. The molecule has 0 aromatic heterocycles. The van der Waals surface area contributed by atoms with Crippen LogP contribution in [0.5, 0.6) is 0 Å². The van der Waals surface area contributed by atoms with Crippen LogP contribution in [0.2, 0.25) is 0 Å². The van der Waals surface area contributed by atoms with Crippen LogP contribution in [0.1, 0.15) is 19.8 Å². The van der Waals surface area contributed by atoms with E-state index in [1.165, 1.54) is 44.8 Å². The first-order chi connectivity index (χ1) is 6.38. The summed E-state index contributed by atoms with van der Waals surface area (Å²) >= 11 is 1.96. The normalized spacial score (nSPS) is 17.8. The van der Waals surface area contributed by atoms with Gasteiger partial charge in [0.05, 0.1) is 0 Å². The molecule has 0 spiro atoms. The minimum atomic E-state index is 0.833. The van der Waals surface area contributed by atoms with Gasteiger partial charge in [-0.2, -0.15) is 11.8 Å². The van der Waals surface area contributed by atoms with Crippen molar-refractivity contribution in [3.63, 3.8) is 0 Å². The molecule has 0 amide bonds. The van der Waals surface area contributed by atoms with Crippen LogP contribution in [0.15, 0.2) is 0 Å². The first-order valence-corrected chi connectivity index (χ1v) is 6.71. The molecule has 78 valence electrons. The number of likely N-dealkylation sites (N-methyl/N-ethyl adjacent to an activating group) is 1. The van der Waals surface area contributed by atoms with Gasteiger partial charge in [-0.25, -0.2) is 0 Å². The quantitative estimate of drug-likeness (QED) is 0.629. The van der Waals surface area contributed by atoms with E-state index >= 15 is 0 Å². The van der Waals surface area contributed by atoms with Gasteiger partial charge >= 0.3 is 0 Å². The second kappa shape index (κ2) is 6.68. The topological polar surface area (TPSA) is 15.3 Å². The SMILES string of the molecule is CCN(CCCCSC)C1CNC1. The molecule has 2 nitrogen and oxygen atoms in total. The summed E-state index contributed by atoms with van der Waals surface area (Å²) in [5, 5.41) is 3.33. The summed E-state index contributed by atoms with van der Waals surface area (Å²) in [5.74, 6) is 1.32. The van der Waals surface area contributed by atoms with Crippen LogP contribution in [0.25, 0.3) is 0 Å². The monoisotopic (exact) mass is 202 g/mol. The van der Waals surface area contributed by atoms with Crippen LogP contribution in [-0.2, 0) is 0 Å². The van der Waals surface area contributed by atoms with Crippen molar-refractivity contribution in [3.8, 4) is 0 Å². The molecule has 1 aliphatic rings. The fourth-order valence-corrected chi connectivity index (χ4v) is 2.18. The van der Waals surface area contributed by atoms with E-state index in [1.807, 2.05) is 11.8 Å². The average molecular weight is 202 g/mol. The van der Waals surface area contributed by atoms with Crippen LogP contribution < -0.4 is 5.32 Å². The molecule has 0 atom stereocenters. The number of nitrogens with one attached hydrogen (secondary N) is 1. The maximum Gasteiger partial charge on any atom is 0.0345 e. The van der Waals surface area contributed by atoms with Crippen LogP contribution in [0, 0.1) is 0 Å². The molecular formula is C10H22N2S. The fourth-order valence-electron chi connectivity index (χ4n) is 1.69. The van der Waals surface area contributed by atoms with Gasteiger partial charge in [0.1, 0.15) is 0 Å². The summed E-state index contributed by atoms with van der Waals surface area (Å²) < 4.78 is 0. The summed E-state index contributed by atoms with van der Waals surface area (Å²) in [6, 6.07) is 0.833. The number of rotatable bonds is 7. The highest BCUT2D eigenvalue weighted by atomic mass is 32.2. The van der Waals surface area contributed by atoms with Crippen LogP contribution in [0.4, 0.5) is 0 Å². The van der Waals surface area contributed by atoms with Crippen molar-refractivity contribution >= 4 is 11.8 Å². The molecule has 1 rings (SSSR count). The number of hydrogen-bond donors (Lipinski definition) is 1. The summed E-state index contributed by atoms with van der Waals surface area (Å²) in [5.41, 5.74) is 0. The lowest BCUT2D eigenvalue weighted by Gasteiger charge is -2.37. The summed E-state index contributed by atoms with van der Waals surface area (Å²) in [7, 11) is 0. The van der Waals surface area contributed by atoms with E-state index in [2.05, 4.69) is 23.4 Å². The third-order valence-electron chi connectivity index (χ3n) is 2.73. The van der Waals surface area contributed by atoms with Crippen LogP contribution in [0.3, 0.4) is 0 Å². The molecule has 0 aromatic rings. The fraction of sp³-hybridized carbons (Fsp3) is 1.00. The molecule has 0 aliphatic carbocycles. The Hall–Kier alpha value is 0.270. The predicted molar refractivity (Wildman–Crippen MR) is 61.5 cm³/mol. The van der Waals surface area contributed by atoms with Gasteiger partial charge in [-0.05, 0) is 37.9 Å². The lowest BCUT2D eigenvalue weighted by Crippen LogP contribution is -2.57. The Morgan fingerprint density at radius 1 is 1.38 bits per heavy atom. The molecule has 0 aromatic carbocycles. The zero-order chi connectivity index (χ0) is 9.52. The van der Waals surface area contributed by atoms with Crippen molar-refractivity contribution in [2.45, 2.75) is 25.8 Å². The molecule has 1 N–H and O–H groups in total. The van der Waals surface area contributed by atoms with Gasteiger partial charge in [0.15, 0.2) is 0 Å². The standard InChI is InChI=1S/C10H22N2S/c1-3-12(10-8-11-9-10)6-4-5-7-13-2/h10-11H,3-9H2,1-2H3. The summed E-state index contributed by atoms with van der Waals surface area (Å²) in [6.07, 6.45) is 4.93. The Bertz CT molecular complexity index is 126. The van der Waals surface area contributed by atoms with E-state index in [1.54, 1.807) is 0 Å². The van der Waals surface area contributed by atoms with Gasteiger partial charge < -0.3 is 5.32 Å². The smallest absolute Gasteiger partial charge is 0.0345 e. The molecule has 0 radical (unpaired) electrons. The molecule has 1 heterocycles. The Morgan fingerprint density at radius 2 is 2.15 bits per heavy atom. The van der Waals surface area contributed by atoms with Crippen molar-refractivity contribution in [2.24, 2.45) is 0 Å². The first kappa shape index (κ1) is 11.3. The first-order valence-electron chi connectivity index (χ1n) is 5.32. The van der Waals surface area contributed by atoms with Crippen molar-refractivity contribution in [3.05, 3.63) is 0 Å². The second-order valence-electron chi connectivity index (χ2n) is 3.64. The van der Waals surface area contributed by atoms with Gasteiger partial charge in [-0.15, -0.1) is 0 Å². The van der Waals surface area contributed by atoms with E-state index in [0.29, 0.717) is 0 Å². The summed E-state index contributed by atoms with van der Waals surface area (Å²) in [6.45, 7) is 7.19. The highest BCUT2D eigenvalue weighted by Crippen LogP contribution is 2.07. The Kier molecular flexibility index (Phi) is 5.83. The zero-order valence-corrected chi connectivity index (χ0v) is 9.70. The molecule has 0 unspecified atom stereocenters. The Labute approximate surface area is 86.5 Å². The average Bonchev–Trinajstić information content (AvgIpc) is 2.07. The second-order valence-corrected chi connectivity index (χ2v) is 4.63. The molecule has 1 aliphatic heterocycles. The van der Waals surface area contributed by atoms with E-state index in [4.69, 9.17) is 0 Å². The number of thioether (sulfide) groups is 1. The zero-order valence-electron chi connectivity index (χ0n) is 8.88. The van der Waals surface area contributed by atoms with E-state index in [0.717, 1.165) is 6.04 Å². The predicted octanol–water partition coefficient (Wildman–Crippen LogP) is 1.42. The number of unbranched alkanes of at least 4 members (excludes halogenated alkanes) is 1. The molecule has 13 heavy (non-hydrogen) atoms. The van der Waals surface area contributed by atoms with Gasteiger partial charge in [-0.1, -0.05) is 6.92 Å². The maximum absolute atomic E-state index is 3.33. The van der Waals surface area contributed by atoms with Crippen LogP contribution in [-0.4, -0.2) is 49.1 Å². The minimum Gasteiger partial charge on any atom is -0.314 e. The van der Waals surface area contributed by atoms with Gasteiger partial charge in [0, 0.05) is 19.1 Å². The third kappa shape index (κ3) is 3.88. The largest absolute Gasteiger partial charge is 0.314 e. The minimum absolute atomic E-state index is 0.833. The molecule has 1 fully saturated rings. The molecule has 1 saturated heterocycles. The third-order valence-corrected chi connectivity index (χ3v) is 3.42. The van der Waals surface area contributed by atoms with Crippen molar-refractivity contribution in [1.29, 1.82) is 0 Å². The van der Waals surface area contributed by atoms with E-state index < -0.39 is 0 Å². The van der Waals surface area contributed by atoms with Gasteiger partial charge in [0.2, 0.25) is 0 Å². The number of hydrogen-bond acceptors (Lipinski definition) is 3. The molecule has 0 bridgehead atoms. The van der Waals surface area contributed by atoms with Crippen molar-refractivity contribution < 1.29 is 0 Å². The highest BCUT2D eigenvalue weighted by Gasteiger charge is 2.22. The van der Waals surface area contributed by atoms with Gasteiger partial charge in [-0.3, -0.25) is 4.90 Å². The van der Waals surface area contributed by atoms with Crippen LogP contribution >= 0.6 is 11.8 Å². The maximum atomic E-state index is 3.33. The highest BCUT2D eigenvalue weighted by molar-refractivity contribution is 7.98. The summed E-state index contributed by atoms with van der Waals surface area (Å²) in [4.78, 5) is 2.61. The Balaban J connectivity index is 2.02. The lowest BCUT2D eigenvalue weighted by atomic mass is 10.1. The Morgan fingerprint density at radius 3 is 2.62 bits per heavy atom. The van der Waals surface area contributed by atoms with Gasteiger partial charge in [0.25, 0.3) is 0 Å². The van der Waals surface area contributed by atoms with Crippen molar-refractivity contribution in [1.82, 2.24) is 10.2 Å². The van der Waals surface area contributed by atoms with Crippen molar-refractivity contribution in [2.75, 3.05) is 38.2 Å². The van der Waals surface area contributed by atoms with E-state index in [9.17, 15) is 0 Å². The molecule has 3 heteroatoms. The lowest BCUT2D eigenvalue weighted by molar-refractivity contribution is 0.151. The number of nitrogens with zero attached hydrogens (tertiary/aromatic N) is 1.